The van der Waals surface area contributed by atoms with Crippen LogP contribution in [0, 0.1) is 19.8 Å². The number of pyridine rings is 1. The highest BCUT2D eigenvalue weighted by molar-refractivity contribution is 7.12. The molecule has 0 radical (unpaired) electrons. The molecule has 0 aromatic carbocycles. The number of hydrogen-bond acceptors (Lipinski definition) is 4. The lowest BCUT2D eigenvalue weighted by molar-refractivity contribution is -0.143. The van der Waals surface area contributed by atoms with Gasteiger partial charge in [0.25, 0.3) is 0 Å². The molecule has 23 heavy (non-hydrogen) atoms. The predicted octanol–water partition coefficient (Wildman–Crippen LogP) is 3.65. The molecule has 0 saturated carbocycles. The first-order valence-electron chi connectivity index (χ1n) is 8.01. The number of carboxylic acid groups (broad SMARTS) is 1. The van der Waals surface area contributed by atoms with Gasteiger partial charge in [-0.1, -0.05) is 6.07 Å². The Hall–Kier alpha value is -1.72. The van der Waals surface area contributed by atoms with Crippen LogP contribution in [-0.4, -0.2) is 34.0 Å². The molecular formula is C18H22N2O2S. The average molecular weight is 330 g/mol. The van der Waals surface area contributed by atoms with Crippen LogP contribution in [0.15, 0.2) is 30.3 Å². The number of rotatable bonds is 4. The van der Waals surface area contributed by atoms with Gasteiger partial charge in [0.2, 0.25) is 0 Å². The van der Waals surface area contributed by atoms with Crippen molar-refractivity contribution < 1.29 is 9.90 Å². The number of aliphatic carboxylic acids is 1. The van der Waals surface area contributed by atoms with Crippen molar-refractivity contribution in [2.45, 2.75) is 32.7 Å². The molecule has 3 rings (SSSR count). The number of carboxylic acids is 1. The van der Waals surface area contributed by atoms with E-state index in [2.05, 4.69) is 36.1 Å². The highest BCUT2D eigenvalue weighted by Crippen LogP contribution is 2.35. The summed E-state index contributed by atoms with van der Waals surface area (Å²) in [5.41, 5.74) is 2.07. The van der Waals surface area contributed by atoms with Gasteiger partial charge in [-0.05, 0) is 64.0 Å². The van der Waals surface area contributed by atoms with Gasteiger partial charge >= 0.3 is 5.97 Å². The molecule has 0 spiro atoms. The predicted molar refractivity (Wildman–Crippen MR) is 91.8 cm³/mol. The van der Waals surface area contributed by atoms with Gasteiger partial charge in [-0.3, -0.25) is 14.7 Å². The van der Waals surface area contributed by atoms with Crippen LogP contribution in [0.5, 0.6) is 0 Å². The molecule has 1 atom stereocenters. The van der Waals surface area contributed by atoms with Crippen molar-refractivity contribution >= 4 is 17.3 Å². The van der Waals surface area contributed by atoms with Crippen LogP contribution in [0.2, 0.25) is 0 Å². The zero-order valence-corrected chi connectivity index (χ0v) is 14.3. The molecule has 1 fully saturated rings. The fourth-order valence-corrected chi connectivity index (χ4v) is 4.26. The summed E-state index contributed by atoms with van der Waals surface area (Å²) in [6, 6.07) is 10.6. The van der Waals surface area contributed by atoms with Gasteiger partial charge in [-0.15, -0.1) is 11.3 Å². The maximum atomic E-state index is 11.2. The zero-order chi connectivity index (χ0) is 16.4. The van der Waals surface area contributed by atoms with E-state index in [4.69, 9.17) is 4.98 Å². The number of piperidine rings is 1. The number of aromatic nitrogens is 1. The van der Waals surface area contributed by atoms with Gasteiger partial charge in [0.05, 0.1) is 17.7 Å². The Bertz CT molecular complexity index is 690. The minimum atomic E-state index is -0.665. The van der Waals surface area contributed by atoms with E-state index in [9.17, 15) is 9.90 Å². The highest BCUT2D eigenvalue weighted by Gasteiger charge is 2.31. The van der Waals surface area contributed by atoms with E-state index in [1.165, 1.54) is 9.75 Å². The normalized spacial score (nSPS) is 18.0. The van der Waals surface area contributed by atoms with E-state index >= 15 is 0 Å². The third-order valence-corrected chi connectivity index (χ3v) is 5.52. The lowest BCUT2D eigenvalue weighted by atomic mass is 9.95. The van der Waals surface area contributed by atoms with Gasteiger partial charge < -0.3 is 5.11 Å². The summed E-state index contributed by atoms with van der Waals surface area (Å²) >= 11 is 1.80. The molecule has 5 heteroatoms. The van der Waals surface area contributed by atoms with Crippen LogP contribution >= 0.6 is 11.3 Å². The van der Waals surface area contributed by atoms with E-state index in [-0.39, 0.29) is 12.0 Å². The number of likely N-dealkylation sites (tertiary alicyclic amines) is 1. The monoisotopic (exact) mass is 330 g/mol. The molecule has 2 aromatic heterocycles. The van der Waals surface area contributed by atoms with Crippen molar-refractivity contribution in [1.82, 2.24) is 9.88 Å². The number of hydrogen-bond donors (Lipinski definition) is 1. The van der Waals surface area contributed by atoms with Gasteiger partial charge in [-0.25, -0.2) is 0 Å². The Balaban J connectivity index is 1.89. The van der Waals surface area contributed by atoms with Crippen LogP contribution in [-0.2, 0) is 4.79 Å². The first kappa shape index (κ1) is 16.1. The molecule has 4 nitrogen and oxygen atoms in total. The fraction of sp³-hybridized carbons (Fsp3) is 0.444. The molecule has 1 aliphatic rings. The molecule has 0 amide bonds. The molecular weight excluding hydrogens is 308 g/mol. The van der Waals surface area contributed by atoms with Gasteiger partial charge in [0.1, 0.15) is 0 Å². The molecule has 0 bridgehead atoms. The highest BCUT2D eigenvalue weighted by atomic mass is 32.1. The summed E-state index contributed by atoms with van der Waals surface area (Å²) in [5, 5.41) is 9.21. The van der Waals surface area contributed by atoms with Crippen LogP contribution in [0.1, 0.15) is 40.0 Å². The van der Waals surface area contributed by atoms with Crippen molar-refractivity contribution in [3.05, 3.63) is 51.5 Å². The molecule has 3 heterocycles. The molecule has 1 aliphatic heterocycles. The molecule has 2 aromatic rings. The Morgan fingerprint density at radius 1 is 1.26 bits per heavy atom. The number of thiophene rings is 1. The van der Waals surface area contributed by atoms with Crippen LogP contribution in [0.3, 0.4) is 0 Å². The Labute approximate surface area is 140 Å². The maximum Gasteiger partial charge on any atom is 0.306 e. The van der Waals surface area contributed by atoms with E-state index in [0.29, 0.717) is 12.8 Å². The van der Waals surface area contributed by atoms with Crippen LogP contribution in [0.25, 0.3) is 0 Å². The second-order valence-electron chi connectivity index (χ2n) is 6.20. The summed E-state index contributed by atoms with van der Waals surface area (Å²) < 4.78 is 0. The lowest BCUT2D eigenvalue weighted by Crippen LogP contribution is -2.39. The SMILES string of the molecule is Cc1cccc(C(c2ccc(C)s2)N2CCC(C(=O)O)CC2)n1. The summed E-state index contributed by atoms with van der Waals surface area (Å²) in [4.78, 5) is 20.9. The first-order chi connectivity index (χ1) is 11.0. The standard InChI is InChI=1S/C18H22N2O2S/c1-12-4-3-5-15(19-12)17(16-7-6-13(2)23-16)20-10-8-14(9-11-20)18(21)22/h3-7,14,17H,8-11H2,1-2H3,(H,21,22). The molecule has 1 unspecified atom stereocenters. The van der Waals surface area contributed by atoms with Gasteiger partial charge in [0.15, 0.2) is 0 Å². The van der Waals surface area contributed by atoms with Crippen molar-refractivity contribution in [3.8, 4) is 0 Å². The lowest BCUT2D eigenvalue weighted by Gasteiger charge is -2.36. The summed E-state index contributed by atoms with van der Waals surface area (Å²) in [6.45, 7) is 5.73. The minimum absolute atomic E-state index is 0.128. The zero-order valence-electron chi connectivity index (χ0n) is 13.5. The number of aryl methyl sites for hydroxylation is 2. The third-order valence-electron chi connectivity index (χ3n) is 4.46. The fourth-order valence-electron chi connectivity index (χ4n) is 3.23. The minimum Gasteiger partial charge on any atom is -0.481 e. The molecule has 1 N–H and O–H groups in total. The van der Waals surface area contributed by atoms with E-state index < -0.39 is 5.97 Å². The average Bonchev–Trinajstić information content (AvgIpc) is 2.94. The van der Waals surface area contributed by atoms with Crippen molar-refractivity contribution in [1.29, 1.82) is 0 Å². The molecule has 1 saturated heterocycles. The maximum absolute atomic E-state index is 11.2. The third kappa shape index (κ3) is 3.62. The van der Waals surface area contributed by atoms with E-state index in [1.54, 1.807) is 11.3 Å². The van der Waals surface area contributed by atoms with Crippen molar-refractivity contribution in [2.24, 2.45) is 5.92 Å². The summed E-state index contributed by atoms with van der Waals surface area (Å²) in [6.07, 6.45) is 1.42. The van der Waals surface area contributed by atoms with Crippen molar-refractivity contribution in [2.75, 3.05) is 13.1 Å². The van der Waals surface area contributed by atoms with Crippen LogP contribution < -0.4 is 0 Å². The second-order valence-corrected chi connectivity index (χ2v) is 7.52. The smallest absolute Gasteiger partial charge is 0.306 e. The second kappa shape index (κ2) is 6.81. The Morgan fingerprint density at radius 3 is 2.57 bits per heavy atom. The van der Waals surface area contributed by atoms with E-state index in [0.717, 1.165) is 24.5 Å². The topological polar surface area (TPSA) is 53.4 Å². The number of nitrogens with zero attached hydrogens (tertiary/aromatic N) is 2. The number of carbonyl (C=O) groups is 1. The quantitative estimate of drug-likeness (QED) is 0.930. The van der Waals surface area contributed by atoms with Crippen molar-refractivity contribution in [3.63, 3.8) is 0 Å². The van der Waals surface area contributed by atoms with Gasteiger partial charge in [0, 0.05) is 15.4 Å². The molecule has 122 valence electrons. The summed E-state index contributed by atoms with van der Waals surface area (Å²) in [5.74, 6) is -0.871. The van der Waals surface area contributed by atoms with Gasteiger partial charge in [-0.2, -0.15) is 0 Å². The Morgan fingerprint density at radius 2 is 2.00 bits per heavy atom. The molecule has 0 aliphatic carbocycles. The van der Waals surface area contributed by atoms with E-state index in [1.807, 2.05) is 13.0 Å². The summed E-state index contributed by atoms with van der Waals surface area (Å²) in [7, 11) is 0. The van der Waals surface area contributed by atoms with Crippen LogP contribution in [0.4, 0.5) is 0 Å². The Kier molecular flexibility index (Phi) is 4.78. The first-order valence-corrected chi connectivity index (χ1v) is 8.83. The largest absolute Gasteiger partial charge is 0.481 e.